The first-order valence-electron chi connectivity index (χ1n) is 8.80. The molecule has 0 aliphatic heterocycles. The first kappa shape index (κ1) is 17.5. The first-order chi connectivity index (χ1) is 12.2. The SMILES string of the molecule is CCOc1ccc([C@H](COC)NC(=O)[C@H]2C[C@@H]2c2ccccc2)cc1. The summed E-state index contributed by atoms with van der Waals surface area (Å²) >= 11 is 0. The highest BCUT2D eigenvalue weighted by atomic mass is 16.5. The van der Waals surface area contributed by atoms with E-state index in [0.717, 1.165) is 17.7 Å². The molecule has 4 heteroatoms. The van der Waals surface area contributed by atoms with Crippen molar-refractivity contribution >= 4 is 5.91 Å². The lowest BCUT2D eigenvalue weighted by molar-refractivity contribution is -0.123. The van der Waals surface area contributed by atoms with E-state index >= 15 is 0 Å². The van der Waals surface area contributed by atoms with Crippen LogP contribution < -0.4 is 10.1 Å². The lowest BCUT2D eigenvalue weighted by Crippen LogP contribution is -2.32. The van der Waals surface area contributed by atoms with E-state index in [0.29, 0.717) is 19.1 Å². The average Bonchev–Trinajstić information content (AvgIpc) is 3.44. The summed E-state index contributed by atoms with van der Waals surface area (Å²) in [6.07, 6.45) is 0.916. The molecule has 2 aromatic carbocycles. The fraction of sp³-hybridized carbons (Fsp3) is 0.381. The van der Waals surface area contributed by atoms with Gasteiger partial charge in [-0.25, -0.2) is 0 Å². The highest BCUT2D eigenvalue weighted by molar-refractivity contribution is 5.83. The number of hydrogen-bond donors (Lipinski definition) is 1. The zero-order valence-electron chi connectivity index (χ0n) is 14.8. The largest absolute Gasteiger partial charge is 0.494 e. The van der Waals surface area contributed by atoms with Crippen molar-refractivity contribution in [3.05, 3.63) is 65.7 Å². The fourth-order valence-electron chi connectivity index (χ4n) is 3.18. The molecule has 1 N–H and O–H groups in total. The molecular weight excluding hydrogens is 314 g/mol. The van der Waals surface area contributed by atoms with Crippen LogP contribution in [0.4, 0.5) is 0 Å². The normalized spacial score (nSPS) is 19.9. The lowest BCUT2D eigenvalue weighted by Gasteiger charge is -2.19. The number of amides is 1. The Bertz CT molecular complexity index is 684. The minimum Gasteiger partial charge on any atom is -0.494 e. The number of nitrogens with one attached hydrogen (secondary N) is 1. The molecule has 1 saturated carbocycles. The standard InChI is InChI=1S/C21H25NO3/c1-3-25-17-11-9-16(10-12-17)20(14-24-2)22-21(23)19-13-18(19)15-7-5-4-6-8-15/h4-12,18-20H,3,13-14H2,1-2H3,(H,22,23)/t18-,19+,20+/m1/s1. The Morgan fingerprint density at radius 2 is 1.88 bits per heavy atom. The second-order valence-corrected chi connectivity index (χ2v) is 6.38. The first-order valence-corrected chi connectivity index (χ1v) is 8.80. The molecule has 0 aromatic heterocycles. The average molecular weight is 339 g/mol. The number of carbonyl (C=O) groups excluding carboxylic acids is 1. The molecule has 1 amide bonds. The second kappa shape index (κ2) is 8.17. The van der Waals surface area contributed by atoms with Crippen molar-refractivity contribution in [2.75, 3.05) is 20.3 Å². The van der Waals surface area contributed by atoms with Crippen molar-refractivity contribution in [2.24, 2.45) is 5.92 Å². The van der Waals surface area contributed by atoms with Gasteiger partial charge >= 0.3 is 0 Å². The van der Waals surface area contributed by atoms with E-state index < -0.39 is 0 Å². The fourth-order valence-corrected chi connectivity index (χ4v) is 3.18. The smallest absolute Gasteiger partial charge is 0.224 e. The van der Waals surface area contributed by atoms with Crippen LogP contribution in [0.2, 0.25) is 0 Å². The van der Waals surface area contributed by atoms with E-state index in [-0.39, 0.29) is 17.9 Å². The second-order valence-electron chi connectivity index (χ2n) is 6.38. The Morgan fingerprint density at radius 1 is 1.16 bits per heavy atom. The molecule has 132 valence electrons. The van der Waals surface area contributed by atoms with Gasteiger partial charge in [-0.3, -0.25) is 4.79 Å². The highest BCUT2D eigenvalue weighted by Gasteiger charge is 2.44. The predicted octanol–water partition coefficient (Wildman–Crippen LogP) is 3.69. The third kappa shape index (κ3) is 4.40. The van der Waals surface area contributed by atoms with E-state index in [1.165, 1.54) is 5.56 Å². The van der Waals surface area contributed by atoms with Gasteiger partial charge in [-0.1, -0.05) is 42.5 Å². The van der Waals surface area contributed by atoms with Crippen LogP contribution in [-0.2, 0) is 9.53 Å². The van der Waals surface area contributed by atoms with Gasteiger partial charge in [0.25, 0.3) is 0 Å². The Balaban J connectivity index is 1.63. The Labute approximate surface area is 149 Å². The van der Waals surface area contributed by atoms with Crippen LogP contribution in [0.15, 0.2) is 54.6 Å². The number of benzene rings is 2. The van der Waals surface area contributed by atoms with Gasteiger partial charge in [0.1, 0.15) is 5.75 Å². The summed E-state index contributed by atoms with van der Waals surface area (Å²) in [7, 11) is 1.65. The van der Waals surface area contributed by atoms with Crippen molar-refractivity contribution < 1.29 is 14.3 Å². The van der Waals surface area contributed by atoms with Gasteiger partial charge in [0.2, 0.25) is 5.91 Å². The summed E-state index contributed by atoms with van der Waals surface area (Å²) in [6, 6.07) is 17.9. The van der Waals surface area contributed by atoms with Crippen LogP contribution >= 0.6 is 0 Å². The maximum absolute atomic E-state index is 12.6. The third-order valence-electron chi connectivity index (χ3n) is 4.60. The van der Waals surface area contributed by atoms with Crippen molar-refractivity contribution in [3.63, 3.8) is 0 Å². The monoisotopic (exact) mass is 339 g/mol. The molecule has 3 atom stereocenters. The van der Waals surface area contributed by atoms with Gasteiger partial charge in [-0.05, 0) is 42.5 Å². The van der Waals surface area contributed by atoms with E-state index in [4.69, 9.17) is 9.47 Å². The maximum atomic E-state index is 12.6. The molecule has 1 aliphatic carbocycles. The molecule has 2 aromatic rings. The highest BCUT2D eigenvalue weighted by Crippen LogP contribution is 2.47. The molecule has 1 fully saturated rings. The molecule has 0 unspecified atom stereocenters. The van der Waals surface area contributed by atoms with Gasteiger partial charge in [0.05, 0.1) is 19.3 Å². The molecule has 1 aliphatic rings. The Kier molecular flexibility index (Phi) is 5.71. The van der Waals surface area contributed by atoms with E-state index in [2.05, 4.69) is 17.4 Å². The van der Waals surface area contributed by atoms with Crippen LogP contribution in [0.5, 0.6) is 5.75 Å². The number of carbonyl (C=O) groups is 1. The van der Waals surface area contributed by atoms with Gasteiger partial charge in [0.15, 0.2) is 0 Å². The number of methoxy groups -OCH3 is 1. The van der Waals surface area contributed by atoms with Crippen LogP contribution in [-0.4, -0.2) is 26.2 Å². The third-order valence-corrected chi connectivity index (χ3v) is 4.60. The summed E-state index contributed by atoms with van der Waals surface area (Å²) in [5.41, 5.74) is 2.27. The van der Waals surface area contributed by atoms with Gasteiger partial charge in [-0.15, -0.1) is 0 Å². The summed E-state index contributed by atoms with van der Waals surface area (Å²) in [5.74, 6) is 1.33. The van der Waals surface area contributed by atoms with Crippen LogP contribution in [0.3, 0.4) is 0 Å². The van der Waals surface area contributed by atoms with Crippen molar-refractivity contribution in [3.8, 4) is 5.75 Å². The molecule has 3 rings (SSSR count). The molecule has 0 spiro atoms. The summed E-state index contributed by atoms with van der Waals surface area (Å²) in [5, 5.41) is 3.14. The van der Waals surface area contributed by atoms with Crippen molar-refractivity contribution in [1.29, 1.82) is 0 Å². The van der Waals surface area contributed by atoms with Gasteiger partial charge in [0, 0.05) is 13.0 Å². The summed E-state index contributed by atoms with van der Waals surface area (Å²) < 4.78 is 10.8. The molecule has 4 nitrogen and oxygen atoms in total. The minimum absolute atomic E-state index is 0.0597. The zero-order valence-corrected chi connectivity index (χ0v) is 14.8. The summed E-state index contributed by atoms with van der Waals surface area (Å²) in [4.78, 5) is 12.6. The number of hydrogen-bond acceptors (Lipinski definition) is 3. The lowest BCUT2D eigenvalue weighted by atomic mass is 10.1. The molecule has 0 saturated heterocycles. The number of ether oxygens (including phenoxy) is 2. The Hall–Kier alpha value is -2.33. The molecule has 0 radical (unpaired) electrons. The van der Waals surface area contributed by atoms with Gasteiger partial charge < -0.3 is 14.8 Å². The predicted molar refractivity (Wildman–Crippen MR) is 97.7 cm³/mol. The quantitative estimate of drug-likeness (QED) is 0.798. The molecule has 25 heavy (non-hydrogen) atoms. The molecule has 0 bridgehead atoms. The maximum Gasteiger partial charge on any atom is 0.224 e. The summed E-state index contributed by atoms with van der Waals surface area (Å²) in [6.45, 7) is 3.04. The van der Waals surface area contributed by atoms with Crippen LogP contribution in [0, 0.1) is 5.92 Å². The van der Waals surface area contributed by atoms with Gasteiger partial charge in [-0.2, -0.15) is 0 Å². The molecule has 0 heterocycles. The zero-order chi connectivity index (χ0) is 17.6. The topological polar surface area (TPSA) is 47.6 Å². The Morgan fingerprint density at radius 3 is 2.52 bits per heavy atom. The van der Waals surface area contributed by atoms with E-state index in [1.54, 1.807) is 7.11 Å². The minimum atomic E-state index is -0.148. The number of rotatable bonds is 8. The van der Waals surface area contributed by atoms with Crippen LogP contribution in [0.1, 0.15) is 36.4 Å². The van der Waals surface area contributed by atoms with E-state index in [1.807, 2.05) is 49.4 Å². The van der Waals surface area contributed by atoms with Crippen molar-refractivity contribution in [1.82, 2.24) is 5.32 Å². The van der Waals surface area contributed by atoms with Crippen LogP contribution in [0.25, 0.3) is 0 Å². The van der Waals surface area contributed by atoms with E-state index in [9.17, 15) is 4.79 Å². The molecular formula is C21H25NO3. The van der Waals surface area contributed by atoms with Crippen molar-refractivity contribution in [2.45, 2.75) is 25.3 Å².